The largest absolute Gasteiger partial charge is 0.463 e. The Morgan fingerprint density at radius 3 is 2.45 bits per heavy atom. The number of hydrogen-bond donors (Lipinski definition) is 1. The molecule has 0 unspecified atom stereocenters. The lowest BCUT2D eigenvalue weighted by Crippen LogP contribution is -2.62. The number of Topliss-reactive ketones (excluding diaryl/α,β-unsaturated/α-hetero) is 2. The van der Waals surface area contributed by atoms with Gasteiger partial charge in [0.05, 0.1) is 4.83 Å². The van der Waals surface area contributed by atoms with Crippen molar-refractivity contribution < 1.29 is 24.2 Å². The molecule has 29 heavy (non-hydrogen) atoms. The average molecular weight is 469 g/mol. The zero-order valence-electron chi connectivity index (χ0n) is 17.9. The van der Waals surface area contributed by atoms with Gasteiger partial charge in [-0.05, 0) is 68.6 Å². The highest BCUT2D eigenvalue weighted by Crippen LogP contribution is 2.68. The standard InChI is InChI=1S/C23H33BrO5/c1-12(25)23(28)19(24)10-17-16-6-5-14-9-15(29-13(2)26)7-8-21(14,3)20(16)18(27)11-22(17,23)4/h14-17,19-20,28H,5-11H2,1-4H3/t14-,15+,16-,17+,19-,20-,21-,22+,23-/m0/s1. The number of carbonyl (C=O) groups is 3. The van der Waals surface area contributed by atoms with Gasteiger partial charge in [-0.3, -0.25) is 14.4 Å². The van der Waals surface area contributed by atoms with E-state index in [4.69, 9.17) is 4.74 Å². The van der Waals surface area contributed by atoms with Crippen LogP contribution in [-0.4, -0.2) is 39.2 Å². The van der Waals surface area contributed by atoms with Crippen molar-refractivity contribution in [1.82, 2.24) is 0 Å². The third-order valence-corrected chi connectivity index (χ3v) is 10.4. The summed E-state index contributed by atoms with van der Waals surface area (Å²) < 4.78 is 5.50. The number of rotatable bonds is 2. The lowest BCUT2D eigenvalue weighted by molar-refractivity contribution is -0.180. The molecule has 4 saturated carbocycles. The van der Waals surface area contributed by atoms with Crippen LogP contribution in [0, 0.1) is 34.5 Å². The molecule has 0 aromatic heterocycles. The summed E-state index contributed by atoms with van der Waals surface area (Å²) >= 11 is 3.61. The van der Waals surface area contributed by atoms with Crippen LogP contribution in [-0.2, 0) is 19.1 Å². The molecule has 0 aromatic rings. The molecule has 4 fully saturated rings. The van der Waals surface area contributed by atoms with Gasteiger partial charge in [0.1, 0.15) is 17.5 Å². The number of carbonyl (C=O) groups excluding carboxylic acids is 3. The van der Waals surface area contributed by atoms with E-state index in [9.17, 15) is 19.5 Å². The Kier molecular flexibility index (Phi) is 5.09. The van der Waals surface area contributed by atoms with Crippen LogP contribution in [0.4, 0.5) is 0 Å². The molecule has 9 atom stereocenters. The smallest absolute Gasteiger partial charge is 0.302 e. The minimum absolute atomic E-state index is 0.0217. The van der Waals surface area contributed by atoms with E-state index in [1.54, 1.807) is 0 Å². The summed E-state index contributed by atoms with van der Waals surface area (Å²) in [6, 6.07) is 0. The zero-order chi connectivity index (χ0) is 21.4. The first-order chi connectivity index (χ1) is 13.4. The van der Waals surface area contributed by atoms with Crippen LogP contribution in [0.1, 0.15) is 72.6 Å². The quantitative estimate of drug-likeness (QED) is 0.491. The summed E-state index contributed by atoms with van der Waals surface area (Å²) in [6.07, 6.45) is 5.46. The third kappa shape index (κ3) is 2.84. The number of alkyl halides is 1. The molecule has 4 rings (SSSR count). The maximum absolute atomic E-state index is 13.6. The first-order valence-electron chi connectivity index (χ1n) is 11.0. The fourth-order valence-electron chi connectivity index (χ4n) is 7.97. The molecule has 162 valence electrons. The molecule has 0 heterocycles. The van der Waals surface area contributed by atoms with Gasteiger partial charge in [0.25, 0.3) is 0 Å². The lowest BCUT2D eigenvalue weighted by Gasteiger charge is -2.60. The summed E-state index contributed by atoms with van der Waals surface area (Å²) in [5.74, 6) is 0.475. The van der Waals surface area contributed by atoms with Gasteiger partial charge in [-0.25, -0.2) is 0 Å². The number of fused-ring (bicyclic) bond motifs is 5. The molecule has 5 nitrogen and oxygen atoms in total. The fraction of sp³-hybridized carbons (Fsp3) is 0.870. The molecule has 4 aliphatic carbocycles. The topological polar surface area (TPSA) is 80.7 Å². The SMILES string of the molecule is CC(=O)O[C@@H]1CC[C@@]2(C)[C@@H](CC[C@@H]3[C@H]2C(=O)C[C@]2(C)[C@@H]3C[C@H](Br)[C@@]2(O)C(C)=O)C1. The van der Waals surface area contributed by atoms with E-state index in [1.807, 2.05) is 6.92 Å². The van der Waals surface area contributed by atoms with Crippen molar-refractivity contribution in [2.45, 2.75) is 89.2 Å². The molecule has 6 heteroatoms. The number of esters is 1. The van der Waals surface area contributed by atoms with Crippen LogP contribution in [0.5, 0.6) is 0 Å². The Labute approximate surface area is 181 Å². The van der Waals surface area contributed by atoms with Crippen molar-refractivity contribution >= 4 is 33.5 Å². The number of ether oxygens (including phenoxy) is 1. The molecule has 0 aromatic carbocycles. The van der Waals surface area contributed by atoms with E-state index >= 15 is 0 Å². The van der Waals surface area contributed by atoms with Crippen LogP contribution < -0.4 is 0 Å². The van der Waals surface area contributed by atoms with E-state index in [-0.39, 0.29) is 58.1 Å². The lowest BCUT2D eigenvalue weighted by atomic mass is 9.44. The average Bonchev–Trinajstić information content (AvgIpc) is 2.82. The van der Waals surface area contributed by atoms with E-state index in [2.05, 4.69) is 22.9 Å². The molecule has 0 bridgehead atoms. The monoisotopic (exact) mass is 468 g/mol. The van der Waals surface area contributed by atoms with Crippen LogP contribution >= 0.6 is 15.9 Å². The van der Waals surface area contributed by atoms with Gasteiger partial charge in [-0.15, -0.1) is 0 Å². The molecule has 1 N–H and O–H groups in total. The number of halogens is 1. The number of ketones is 2. The second kappa shape index (κ2) is 6.88. The van der Waals surface area contributed by atoms with Crippen molar-refractivity contribution in [2.75, 3.05) is 0 Å². The zero-order valence-corrected chi connectivity index (χ0v) is 19.5. The van der Waals surface area contributed by atoms with Gasteiger partial charge in [0.15, 0.2) is 5.78 Å². The maximum atomic E-state index is 13.6. The normalized spacial score (nSPS) is 51.6. The van der Waals surface area contributed by atoms with Crippen LogP contribution in [0.25, 0.3) is 0 Å². The molecule has 0 radical (unpaired) electrons. The summed E-state index contributed by atoms with van der Waals surface area (Å²) in [7, 11) is 0. The summed E-state index contributed by atoms with van der Waals surface area (Å²) in [4.78, 5) is 37.2. The van der Waals surface area contributed by atoms with Gasteiger partial charge >= 0.3 is 5.97 Å². The predicted octanol–water partition coefficient (Wildman–Crippen LogP) is 3.83. The maximum Gasteiger partial charge on any atom is 0.302 e. The Morgan fingerprint density at radius 2 is 1.83 bits per heavy atom. The summed E-state index contributed by atoms with van der Waals surface area (Å²) in [5, 5.41) is 11.4. The van der Waals surface area contributed by atoms with Crippen LogP contribution in [0.3, 0.4) is 0 Å². The Bertz CT molecular complexity index is 752. The molecule has 0 saturated heterocycles. The van der Waals surface area contributed by atoms with Crippen molar-refractivity contribution in [3.05, 3.63) is 0 Å². The van der Waals surface area contributed by atoms with Crippen molar-refractivity contribution in [3.63, 3.8) is 0 Å². The molecular weight excluding hydrogens is 436 g/mol. The number of hydrogen-bond acceptors (Lipinski definition) is 5. The van der Waals surface area contributed by atoms with Gasteiger partial charge < -0.3 is 9.84 Å². The third-order valence-electron chi connectivity index (χ3n) is 9.35. The molecule has 0 amide bonds. The molecule has 0 spiro atoms. The highest BCUT2D eigenvalue weighted by atomic mass is 79.9. The van der Waals surface area contributed by atoms with E-state index in [0.29, 0.717) is 5.92 Å². The first-order valence-corrected chi connectivity index (χ1v) is 11.9. The highest BCUT2D eigenvalue weighted by molar-refractivity contribution is 9.09. The first kappa shape index (κ1) is 21.5. The van der Waals surface area contributed by atoms with Crippen LogP contribution in [0.15, 0.2) is 0 Å². The summed E-state index contributed by atoms with van der Waals surface area (Å²) in [6.45, 7) is 7.13. The van der Waals surface area contributed by atoms with Gasteiger partial charge in [0.2, 0.25) is 0 Å². The van der Waals surface area contributed by atoms with Crippen LogP contribution in [0.2, 0.25) is 0 Å². The Morgan fingerprint density at radius 1 is 1.14 bits per heavy atom. The number of aliphatic hydroxyl groups is 1. The minimum Gasteiger partial charge on any atom is -0.463 e. The van der Waals surface area contributed by atoms with Crippen molar-refractivity contribution in [1.29, 1.82) is 0 Å². The van der Waals surface area contributed by atoms with Crippen molar-refractivity contribution in [3.8, 4) is 0 Å². The summed E-state index contributed by atoms with van der Waals surface area (Å²) in [5.41, 5.74) is -2.27. The van der Waals surface area contributed by atoms with E-state index in [1.165, 1.54) is 13.8 Å². The van der Waals surface area contributed by atoms with Gasteiger partial charge in [0, 0.05) is 24.7 Å². The molecule has 0 aliphatic heterocycles. The molecular formula is C23H33BrO5. The molecule has 4 aliphatic rings. The fourth-order valence-corrected chi connectivity index (χ4v) is 9.22. The highest BCUT2D eigenvalue weighted by Gasteiger charge is 2.71. The van der Waals surface area contributed by atoms with Gasteiger partial charge in [-0.2, -0.15) is 0 Å². The Balaban J connectivity index is 1.65. The van der Waals surface area contributed by atoms with E-state index < -0.39 is 11.0 Å². The van der Waals surface area contributed by atoms with Gasteiger partial charge in [-0.1, -0.05) is 29.8 Å². The Hall–Kier alpha value is -0.750. The second-order valence-electron chi connectivity index (χ2n) is 10.6. The predicted molar refractivity (Wildman–Crippen MR) is 111 cm³/mol. The van der Waals surface area contributed by atoms with E-state index in [0.717, 1.165) is 38.5 Å². The van der Waals surface area contributed by atoms with Crippen molar-refractivity contribution in [2.24, 2.45) is 34.5 Å². The minimum atomic E-state index is -1.48. The second-order valence-corrected chi connectivity index (χ2v) is 11.7.